The average molecular weight is 329 g/mol. The number of nitrogens with one attached hydrogen (secondary N) is 1. The Hall–Kier alpha value is -1.59. The largest absolute Gasteiger partial charge is 0.378 e. The van der Waals surface area contributed by atoms with Crippen molar-refractivity contribution in [1.82, 2.24) is 15.1 Å². The van der Waals surface area contributed by atoms with Crippen LogP contribution < -0.4 is 5.32 Å². The third kappa shape index (κ3) is 3.03. The van der Waals surface area contributed by atoms with Crippen LogP contribution in [0, 0.1) is 6.92 Å². The van der Waals surface area contributed by atoms with Crippen LogP contribution in [0.1, 0.15) is 41.1 Å². The number of aryl methyl sites for hydroxylation is 1. The van der Waals surface area contributed by atoms with Crippen molar-refractivity contribution in [3.05, 3.63) is 34.4 Å². The van der Waals surface area contributed by atoms with Crippen molar-refractivity contribution in [3.8, 4) is 0 Å². The van der Waals surface area contributed by atoms with Gasteiger partial charge in [-0.1, -0.05) is 17.7 Å². The molecule has 1 aromatic rings. The first-order valence-corrected chi connectivity index (χ1v) is 9.19. The molecule has 1 atom stereocenters. The summed E-state index contributed by atoms with van der Waals surface area (Å²) < 4.78 is 5.37. The summed E-state index contributed by atoms with van der Waals surface area (Å²) in [6, 6.07) is 5.27. The predicted molar refractivity (Wildman–Crippen MR) is 93.1 cm³/mol. The van der Waals surface area contributed by atoms with E-state index in [-0.39, 0.29) is 6.03 Å². The van der Waals surface area contributed by atoms with E-state index in [1.54, 1.807) is 0 Å². The van der Waals surface area contributed by atoms with Gasteiger partial charge in [0.1, 0.15) is 0 Å². The minimum Gasteiger partial charge on any atom is -0.378 e. The van der Waals surface area contributed by atoms with Gasteiger partial charge in [-0.15, -0.1) is 0 Å². The summed E-state index contributed by atoms with van der Waals surface area (Å²) >= 11 is 0. The van der Waals surface area contributed by atoms with Crippen LogP contribution in [0.4, 0.5) is 4.79 Å². The summed E-state index contributed by atoms with van der Waals surface area (Å²) in [5.41, 5.74) is 5.57. The molecule has 2 fully saturated rings. The molecule has 0 spiro atoms. The lowest BCUT2D eigenvalue weighted by atomic mass is 9.89. The summed E-state index contributed by atoms with van der Waals surface area (Å²) in [6.45, 7) is 7.61. The van der Waals surface area contributed by atoms with Crippen LogP contribution >= 0.6 is 0 Å². The zero-order valence-corrected chi connectivity index (χ0v) is 14.5. The van der Waals surface area contributed by atoms with E-state index in [0.29, 0.717) is 32.3 Å². The molecular formula is C19H27N3O2. The van der Waals surface area contributed by atoms with E-state index in [2.05, 4.69) is 24.4 Å². The monoisotopic (exact) mass is 329 g/mol. The van der Waals surface area contributed by atoms with E-state index in [1.165, 1.54) is 35.1 Å². The van der Waals surface area contributed by atoms with E-state index in [0.717, 1.165) is 26.1 Å². The summed E-state index contributed by atoms with van der Waals surface area (Å²) in [7, 11) is 0. The highest BCUT2D eigenvalue weighted by molar-refractivity contribution is 5.75. The molecule has 3 heterocycles. The van der Waals surface area contributed by atoms with E-state index in [1.807, 2.05) is 9.80 Å². The zero-order chi connectivity index (χ0) is 16.5. The number of amides is 2. The SMILES string of the molecule is Cc1cc2c(c([C@@H]3CCCN3)c1)CN(C(=O)N1CCOCC1)CC2. The third-order valence-corrected chi connectivity index (χ3v) is 5.51. The molecule has 5 heteroatoms. The summed E-state index contributed by atoms with van der Waals surface area (Å²) in [4.78, 5) is 16.8. The normalized spacial score (nSPS) is 24.1. The Bertz CT molecular complexity index is 619. The Morgan fingerprint density at radius 2 is 2.04 bits per heavy atom. The van der Waals surface area contributed by atoms with Gasteiger partial charge in [-0.3, -0.25) is 0 Å². The van der Waals surface area contributed by atoms with Crippen molar-refractivity contribution in [2.75, 3.05) is 39.4 Å². The van der Waals surface area contributed by atoms with Crippen molar-refractivity contribution in [2.24, 2.45) is 0 Å². The molecule has 2 saturated heterocycles. The number of urea groups is 1. The number of fused-ring (bicyclic) bond motifs is 1. The Kier molecular flexibility index (Phi) is 4.46. The molecule has 0 aliphatic carbocycles. The first-order chi connectivity index (χ1) is 11.7. The second-order valence-corrected chi connectivity index (χ2v) is 7.19. The molecule has 0 bridgehead atoms. The molecule has 2 amide bonds. The second kappa shape index (κ2) is 6.73. The van der Waals surface area contributed by atoms with Gasteiger partial charge in [0, 0.05) is 32.2 Å². The first-order valence-electron chi connectivity index (χ1n) is 9.19. The van der Waals surface area contributed by atoms with Crippen LogP contribution in [-0.2, 0) is 17.7 Å². The Balaban J connectivity index is 1.58. The highest BCUT2D eigenvalue weighted by Crippen LogP contribution is 2.32. The van der Waals surface area contributed by atoms with Gasteiger partial charge in [-0.05, 0) is 49.4 Å². The number of ether oxygens (including phenoxy) is 1. The molecule has 5 nitrogen and oxygen atoms in total. The van der Waals surface area contributed by atoms with Gasteiger partial charge in [0.05, 0.1) is 13.2 Å². The highest BCUT2D eigenvalue weighted by atomic mass is 16.5. The van der Waals surface area contributed by atoms with Gasteiger partial charge in [-0.2, -0.15) is 0 Å². The maximum absolute atomic E-state index is 12.8. The number of rotatable bonds is 1. The third-order valence-electron chi connectivity index (χ3n) is 5.51. The molecule has 1 aromatic carbocycles. The van der Waals surface area contributed by atoms with Crippen molar-refractivity contribution in [3.63, 3.8) is 0 Å². The van der Waals surface area contributed by atoms with E-state index in [4.69, 9.17) is 4.74 Å². The van der Waals surface area contributed by atoms with Gasteiger partial charge < -0.3 is 19.9 Å². The van der Waals surface area contributed by atoms with Gasteiger partial charge in [0.15, 0.2) is 0 Å². The maximum Gasteiger partial charge on any atom is 0.320 e. The lowest BCUT2D eigenvalue weighted by Crippen LogP contribution is -2.49. The number of hydrogen-bond donors (Lipinski definition) is 1. The molecule has 0 saturated carbocycles. The van der Waals surface area contributed by atoms with E-state index >= 15 is 0 Å². The number of nitrogens with zero attached hydrogens (tertiary/aromatic N) is 2. The van der Waals surface area contributed by atoms with Crippen LogP contribution in [0.5, 0.6) is 0 Å². The fraction of sp³-hybridized carbons (Fsp3) is 0.632. The van der Waals surface area contributed by atoms with Gasteiger partial charge in [0.25, 0.3) is 0 Å². The van der Waals surface area contributed by atoms with Crippen molar-refractivity contribution in [2.45, 2.75) is 38.8 Å². The van der Waals surface area contributed by atoms with Crippen LogP contribution in [0.3, 0.4) is 0 Å². The Morgan fingerprint density at radius 3 is 2.79 bits per heavy atom. The lowest BCUT2D eigenvalue weighted by molar-refractivity contribution is 0.0421. The first kappa shape index (κ1) is 15.9. The lowest BCUT2D eigenvalue weighted by Gasteiger charge is -2.37. The molecule has 0 radical (unpaired) electrons. The Labute approximate surface area is 144 Å². The van der Waals surface area contributed by atoms with Crippen LogP contribution in [-0.4, -0.2) is 55.2 Å². The smallest absolute Gasteiger partial charge is 0.320 e. The number of carbonyl (C=O) groups excluding carboxylic acids is 1. The van der Waals surface area contributed by atoms with Gasteiger partial charge in [-0.25, -0.2) is 4.79 Å². The average Bonchev–Trinajstić information content (AvgIpc) is 3.15. The van der Waals surface area contributed by atoms with Crippen molar-refractivity contribution in [1.29, 1.82) is 0 Å². The van der Waals surface area contributed by atoms with Crippen molar-refractivity contribution >= 4 is 6.03 Å². The standard InChI is InChI=1S/C19H27N3O2/c1-14-11-15-4-6-22(19(23)21-7-9-24-10-8-21)13-17(15)16(12-14)18-3-2-5-20-18/h11-12,18,20H,2-10,13H2,1H3/t18-/m0/s1. The molecular weight excluding hydrogens is 302 g/mol. The second-order valence-electron chi connectivity index (χ2n) is 7.19. The zero-order valence-electron chi connectivity index (χ0n) is 14.5. The van der Waals surface area contributed by atoms with Gasteiger partial charge >= 0.3 is 6.03 Å². The summed E-state index contributed by atoms with van der Waals surface area (Å²) in [6.07, 6.45) is 3.41. The molecule has 3 aliphatic heterocycles. The molecule has 4 rings (SSSR count). The summed E-state index contributed by atoms with van der Waals surface area (Å²) in [5.74, 6) is 0. The number of morpholine rings is 1. The van der Waals surface area contributed by atoms with E-state index in [9.17, 15) is 4.79 Å². The molecule has 0 unspecified atom stereocenters. The minimum atomic E-state index is 0.176. The minimum absolute atomic E-state index is 0.176. The fourth-order valence-corrected chi connectivity index (χ4v) is 4.24. The summed E-state index contributed by atoms with van der Waals surface area (Å²) in [5, 5.41) is 3.63. The molecule has 130 valence electrons. The molecule has 3 aliphatic rings. The number of benzene rings is 1. The quantitative estimate of drug-likeness (QED) is 0.859. The molecule has 24 heavy (non-hydrogen) atoms. The number of carbonyl (C=O) groups is 1. The van der Waals surface area contributed by atoms with E-state index < -0.39 is 0 Å². The Morgan fingerprint density at radius 1 is 1.21 bits per heavy atom. The molecule has 1 N–H and O–H groups in total. The van der Waals surface area contributed by atoms with Crippen LogP contribution in [0.15, 0.2) is 12.1 Å². The topological polar surface area (TPSA) is 44.8 Å². The van der Waals surface area contributed by atoms with Crippen LogP contribution in [0.2, 0.25) is 0 Å². The maximum atomic E-state index is 12.8. The number of hydrogen-bond acceptors (Lipinski definition) is 3. The fourth-order valence-electron chi connectivity index (χ4n) is 4.24. The highest BCUT2D eigenvalue weighted by Gasteiger charge is 2.29. The van der Waals surface area contributed by atoms with Gasteiger partial charge in [0.2, 0.25) is 0 Å². The van der Waals surface area contributed by atoms with Crippen molar-refractivity contribution < 1.29 is 9.53 Å². The predicted octanol–water partition coefficient (Wildman–Crippen LogP) is 2.23. The van der Waals surface area contributed by atoms with Crippen LogP contribution in [0.25, 0.3) is 0 Å². The molecule has 0 aromatic heterocycles.